The van der Waals surface area contributed by atoms with E-state index in [1.807, 2.05) is 42.6 Å². The monoisotopic (exact) mass is 315 g/mol. The minimum absolute atomic E-state index is 0.725. The molecule has 1 N–H and O–H groups in total. The summed E-state index contributed by atoms with van der Waals surface area (Å²) in [6.45, 7) is 0. The van der Waals surface area contributed by atoms with Crippen LogP contribution in [-0.4, -0.2) is 19.7 Å². The van der Waals surface area contributed by atoms with Gasteiger partial charge in [-0.15, -0.1) is 0 Å². The molecule has 0 fully saturated rings. The highest BCUT2D eigenvalue weighted by atomic mass is 79.9. The molecule has 6 heteroatoms. The van der Waals surface area contributed by atoms with Gasteiger partial charge in [-0.25, -0.2) is 14.6 Å². The summed E-state index contributed by atoms with van der Waals surface area (Å²) < 4.78 is 2.65. The number of rotatable bonds is 3. The lowest BCUT2D eigenvalue weighted by molar-refractivity contribution is 0.848. The first-order chi connectivity index (χ1) is 9.31. The maximum atomic E-state index is 4.47. The largest absolute Gasteiger partial charge is 0.325 e. The Kier molecular flexibility index (Phi) is 3.24. The molecular formula is C13H10BrN5. The Morgan fingerprint density at radius 1 is 1.05 bits per heavy atom. The third kappa shape index (κ3) is 2.79. The number of aromatic nitrogens is 4. The zero-order valence-corrected chi connectivity index (χ0v) is 11.4. The van der Waals surface area contributed by atoms with Crippen LogP contribution >= 0.6 is 15.9 Å². The molecule has 0 aliphatic rings. The quantitative estimate of drug-likeness (QED) is 0.806. The van der Waals surface area contributed by atoms with E-state index in [9.17, 15) is 0 Å². The molecule has 0 bridgehead atoms. The van der Waals surface area contributed by atoms with Crippen LogP contribution in [0, 0.1) is 0 Å². The summed E-state index contributed by atoms with van der Waals surface area (Å²) in [6.07, 6.45) is 5.31. The minimum atomic E-state index is 0.725. The topological polar surface area (TPSA) is 55.6 Å². The van der Waals surface area contributed by atoms with Crippen molar-refractivity contribution in [3.8, 4) is 5.82 Å². The van der Waals surface area contributed by atoms with Crippen molar-refractivity contribution in [2.45, 2.75) is 0 Å². The van der Waals surface area contributed by atoms with Gasteiger partial charge in [-0.1, -0.05) is 6.07 Å². The zero-order chi connectivity index (χ0) is 13.1. The molecule has 94 valence electrons. The average Bonchev–Trinajstić information content (AvgIpc) is 2.96. The van der Waals surface area contributed by atoms with Crippen molar-refractivity contribution in [2.75, 3.05) is 5.32 Å². The van der Waals surface area contributed by atoms with Crippen LogP contribution in [0.4, 0.5) is 11.6 Å². The van der Waals surface area contributed by atoms with Crippen molar-refractivity contribution in [2.24, 2.45) is 0 Å². The Morgan fingerprint density at radius 2 is 2.00 bits per heavy atom. The predicted octanol–water partition coefficient (Wildman–Crippen LogP) is 3.17. The van der Waals surface area contributed by atoms with Crippen molar-refractivity contribution in [1.29, 1.82) is 0 Å². The lowest BCUT2D eigenvalue weighted by Crippen LogP contribution is -2.01. The second kappa shape index (κ2) is 5.19. The Labute approximate surface area is 118 Å². The second-order valence-electron chi connectivity index (χ2n) is 3.82. The fraction of sp³-hybridized carbons (Fsp3) is 0. The summed E-state index contributed by atoms with van der Waals surface area (Å²) in [6, 6.07) is 11.4. The van der Waals surface area contributed by atoms with Crippen molar-refractivity contribution >= 4 is 27.6 Å². The van der Waals surface area contributed by atoms with E-state index in [0.29, 0.717) is 0 Å². The molecule has 0 spiro atoms. The van der Waals surface area contributed by atoms with Crippen LogP contribution in [0.25, 0.3) is 5.82 Å². The third-order valence-electron chi connectivity index (χ3n) is 2.46. The number of nitrogens with one attached hydrogen (secondary N) is 1. The molecule has 19 heavy (non-hydrogen) atoms. The van der Waals surface area contributed by atoms with Crippen LogP contribution in [0.2, 0.25) is 0 Å². The highest BCUT2D eigenvalue weighted by Crippen LogP contribution is 2.16. The first kappa shape index (κ1) is 11.9. The molecular weight excluding hydrogens is 306 g/mol. The lowest BCUT2D eigenvalue weighted by Gasteiger charge is -2.06. The van der Waals surface area contributed by atoms with E-state index < -0.39 is 0 Å². The van der Waals surface area contributed by atoms with Gasteiger partial charge in [0.2, 0.25) is 0 Å². The van der Waals surface area contributed by atoms with E-state index in [1.54, 1.807) is 17.1 Å². The SMILES string of the molecule is Brc1ccc(Nc2cccc(-n3cccn3)n2)nc1. The summed E-state index contributed by atoms with van der Waals surface area (Å²) >= 11 is 3.35. The van der Waals surface area contributed by atoms with E-state index in [1.165, 1.54) is 0 Å². The lowest BCUT2D eigenvalue weighted by atomic mass is 10.4. The number of halogens is 1. The highest BCUT2D eigenvalue weighted by molar-refractivity contribution is 9.10. The molecule has 0 saturated carbocycles. The van der Waals surface area contributed by atoms with Crippen LogP contribution in [0.5, 0.6) is 0 Å². The van der Waals surface area contributed by atoms with Gasteiger partial charge in [0.15, 0.2) is 5.82 Å². The molecule has 3 rings (SSSR count). The molecule has 3 aromatic heterocycles. The molecule has 3 heterocycles. The number of hydrogen-bond donors (Lipinski definition) is 1. The van der Waals surface area contributed by atoms with Gasteiger partial charge in [-0.3, -0.25) is 0 Å². The molecule has 0 radical (unpaired) electrons. The normalized spacial score (nSPS) is 10.4. The molecule has 0 aliphatic heterocycles. The van der Waals surface area contributed by atoms with Gasteiger partial charge in [0.05, 0.1) is 0 Å². The average molecular weight is 316 g/mol. The summed E-state index contributed by atoms with van der Waals surface area (Å²) in [7, 11) is 0. The first-order valence-electron chi connectivity index (χ1n) is 5.67. The van der Waals surface area contributed by atoms with Gasteiger partial charge >= 0.3 is 0 Å². The van der Waals surface area contributed by atoms with Crippen molar-refractivity contribution in [3.63, 3.8) is 0 Å². The molecule has 0 atom stereocenters. The molecule has 0 aromatic carbocycles. The Hall–Kier alpha value is -2.21. The predicted molar refractivity (Wildman–Crippen MR) is 76.6 cm³/mol. The van der Waals surface area contributed by atoms with E-state index in [-0.39, 0.29) is 0 Å². The smallest absolute Gasteiger partial charge is 0.155 e. The van der Waals surface area contributed by atoms with E-state index in [2.05, 4.69) is 36.3 Å². The molecule has 3 aromatic rings. The van der Waals surface area contributed by atoms with Crippen LogP contribution in [0.3, 0.4) is 0 Å². The highest BCUT2D eigenvalue weighted by Gasteiger charge is 2.01. The summed E-state index contributed by atoms with van der Waals surface area (Å²) in [4.78, 5) is 8.72. The maximum absolute atomic E-state index is 4.47. The van der Waals surface area contributed by atoms with Gasteiger partial charge in [0, 0.05) is 23.1 Å². The standard InChI is InChI=1S/C13H10BrN5/c14-10-5-6-11(15-9-10)17-12-3-1-4-13(18-12)19-8-2-7-16-19/h1-9H,(H,15,17,18). The maximum Gasteiger partial charge on any atom is 0.155 e. The number of hydrogen-bond acceptors (Lipinski definition) is 4. The first-order valence-corrected chi connectivity index (χ1v) is 6.46. The Bertz CT molecular complexity index is 664. The number of pyridine rings is 2. The van der Waals surface area contributed by atoms with Crippen molar-refractivity contribution < 1.29 is 0 Å². The third-order valence-corrected chi connectivity index (χ3v) is 2.93. The van der Waals surface area contributed by atoms with Crippen LogP contribution in [-0.2, 0) is 0 Å². The molecule has 0 amide bonds. The van der Waals surface area contributed by atoms with Crippen LogP contribution < -0.4 is 5.32 Å². The van der Waals surface area contributed by atoms with Crippen LogP contribution in [0.15, 0.2) is 59.5 Å². The van der Waals surface area contributed by atoms with Gasteiger partial charge in [0.25, 0.3) is 0 Å². The molecule has 0 saturated heterocycles. The fourth-order valence-electron chi connectivity index (χ4n) is 1.61. The van der Waals surface area contributed by atoms with Gasteiger partial charge in [-0.05, 0) is 46.3 Å². The van der Waals surface area contributed by atoms with E-state index in [4.69, 9.17) is 0 Å². The molecule has 0 unspecified atom stereocenters. The van der Waals surface area contributed by atoms with E-state index in [0.717, 1.165) is 21.9 Å². The summed E-state index contributed by atoms with van der Waals surface area (Å²) in [5.74, 6) is 2.23. The summed E-state index contributed by atoms with van der Waals surface area (Å²) in [5.41, 5.74) is 0. The minimum Gasteiger partial charge on any atom is -0.325 e. The molecule has 0 aliphatic carbocycles. The second-order valence-corrected chi connectivity index (χ2v) is 4.73. The fourth-order valence-corrected chi connectivity index (χ4v) is 1.84. The Balaban J connectivity index is 1.85. The zero-order valence-electron chi connectivity index (χ0n) is 9.86. The van der Waals surface area contributed by atoms with Crippen molar-refractivity contribution in [1.82, 2.24) is 19.7 Å². The van der Waals surface area contributed by atoms with E-state index >= 15 is 0 Å². The number of anilines is 2. The van der Waals surface area contributed by atoms with Gasteiger partial charge < -0.3 is 5.32 Å². The molecule has 5 nitrogen and oxygen atoms in total. The summed E-state index contributed by atoms with van der Waals surface area (Å²) in [5, 5.41) is 7.30. The Morgan fingerprint density at radius 3 is 2.74 bits per heavy atom. The number of nitrogens with zero attached hydrogens (tertiary/aromatic N) is 4. The van der Waals surface area contributed by atoms with Gasteiger partial charge in [-0.2, -0.15) is 5.10 Å². The van der Waals surface area contributed by atoms with Crippen LogP contribution in [0.1, 0.15) is 0 Å². The van der Waals surface area contributed by atoms with Gasteiger partial charge in [0.1, 0.15) is 11.6 Å². The van der Waals surface area contributed by atoms with Crippen molar-refractivity contribution in [3.05, 3.63) is 59.5 Å².